The van der Waals surface area contributed by atoms with Gasteiger partial charge in [-0.3, -0.25) is 0 Å². The van der Waals surface area contributed by atoms with Crippen molar-refractivity contribution in [2.45, 2.75) is 12.8 Å². The van der Waals surface area contributed by atoms with Gasteiger partial charge >= 0.3 is 103 Å². The van der Waals surface area contributed by atoms with E-state index in [1.54, 1.807) is 0 Å². The summed E-state index contributed by atoms with van der Waals surface area (Å²) in [6, 6.07) is 19.7. The zero-order chi connectivity index (χ0) is 13.8. The van der Waals surface area contributed by atoms with E-state index in [0.29, 0.717) is 0 Å². The molecule has 3 heteroatoms. The minimum absolute atomic E-state index is 0. The molecular formula is C18H22K2O. The number of hydrogen-bond donors (Lipinski definition) is 0. The molecule has 2 aromatic rings. The molecule has 0 unspecified atom stereocenters. The fraction of sp³-hybridized carbons (Fsp3) is 0.222. The summed E-state index contributed by atoms with van der Waals surface area (Å²) in [4.78, 5) is 0. The molecule has 0 amide bonds. The van der Waals surface area contributed by atoms with E-state index in [4.69, 9.17) is 4.74 Å². The van der Waals surface area contributed by atoms with E-state index in [9.17, 15) is 0 Å². The summed E-state index contributed by atoms with van der Waals surface area (Å²) in [5.41, 5.74) is 2.14. The Hall–Kier alpha value is 1.41. The molecule has 3 rings (SSSR count). The van der Waals surface area contributed by atoms with Gasteiger partial charge in [0.25, 0.3) is 0 Å². The fourth-order valence-electron chi connectivity index (χ4n) is 1.47. The molecule has 102 valence electrons. The number of hydrogen-bond acceptors (Lipinski definition) is 1. The first kappa shape index (κ1) is 24.7. The quantitative estimate of drug-likeness (QED) is 0.423. The van der Waals surface area contributed by atoms with Gasteiger partial charge in [0.15, 0.2) is 0 Å². The van der Waals surface area contributed by atoms with E-state index in [2.05, 4.69) is 13.8 Å². The van der Waals surface area contributed by atoms with Crippen LogP contribution in [0.25, 0.3) is 0 Å². The fourth-order valence-corrected chi connectivity index (χ4v) is 1.47. The van der Waals surface area contributed by atoms with Gasteiger partial charge in [-0.2, -0.15) is 49.2 Å². The van der Waals surface area contributed by atoms with Crippen molar-refractivity contribution in [2.75, 3.05) is 13.2 Å². The van der Waals surface area contributed by atoms with Crippen LogP contribution in [0.4, 0.5) is 0 Å². The van der Waals surface area contributed by atoms with E-state index in [-0.39, 0.29) is 103 Å². The van der Waals surface area contributed by atoms with Gasteiger partial charge in [0, 0.05) is 13.2 Å². The van der Waals surface area contributed by atoms with E-state index < -0.39 is 0 Å². The average molecular weight is 333 g/mol. The molecule has 0 aliphatic carbocycles. The van der Waals surface area contributed by atoms with E-state index >= 15 is 0 Å². The number of ether oxygens (including phenoxy) is 1. The summed E-state index contributed by atoms with van der Waals surface area (Å²) in [5.74, 6) is 0. The van der Waals surface area contributed by atoms with Crippen LogP contribution in [-0.4, -0.2) is 13.2 Å². The normalized spacial score (nSPS) is 11.4. The summed E-state index contributed by atoms with van der Waals surface area (Å²) in [6.45, 7) is 9.44. The molecule has 0 radical (unpaired) electrons. The van der Waals surface area contributed by atoms with Crippen molar-refractivity contribution in [3.63, 3.8) is 0 Å². The molecule has 0 saturated carbocycles. The van der Waals surface area contributed by atoms with Gasteiger partial charge in [0.2, 0.25) is 0 Å². The molecular weight excluding hydrogens is 310 g/mol. The molecule has 1 nitrogen and oxygen atoms in total. The second-order valence-electron chi connectivity index (χ2n) is 4.29. The first-order chi connectivity index (χ1) is 9.29. The third-order valence-electron chi connectivity index (χ3n) is 2.51. The first-order valence-electron chi connectivity index (χ1n) is 6.61. The Morgan fingerprint density at radius 3 is 1.10 bits per heavy atom. The standard InChI is InChI=1S/2C7H7.C4H8O.2K/c2*1-7-5-3-2-4-6-7;1-2-4-5-3-1;;/h2*2-6H,1H2;1-4H2;;/q2*-1;;2*+1. The molecule has 0 aromatic heterocycles. The second kappa shape index (κ2) is 17.8. The maximum absolute atomic E-state index is 4.94. The van der Waals surface area contributed by atoms with Gasteiger partial charge in [0.1, 0.15) is 0 Å². The topological polar surface area (TPSA) is 9.23 Å². The molecule has 1 aliphatic heterocycles. The molecule has 21 heavy (non-hydrogen) atoms. The minimum atomic E-state index is 0. The van der Waals surface area contributed by atoms with Crippen molar-refractivity contribution in [1.82, 2.24) is 0 Å². The van der Waals surface area contributed by atoms with Gasteiger partial charge < -0.3 is 4.74 Å². The Kier molecular flexibility index (Phi) is 20.9. The molecule has 0 atom stereocenters. The van der Waals surface area contributed by atoms with Crippen molar-refractivity contribution < 1.29 is 108 Å². The van der Waals surface area contributed by atoms with Crippen molar-refractivity contribution in [1.29, 1.82) is 0 Å². The molecule has 1 heterocycles. The Morgan fingerprint density at radius 1 is 0.619 bits per heavy atom. The summed E-state index contributed by atoms with van der Waals surface area (Å²) >= 11 is 0. The summed E-state index contributed by atoms with van der Waals surface area (Å²) in [6.07, 6.45) is 2.56. The third-order valence-corrected chi connectivity index (χ3v) is 2.51. The summed E-state index contributed by atoms with van der Waals surface area (Å²) in [5, 5.41) is 0. The van der Waals surface area contributed by atoms with Crippen molar-refractivity contribution in [3.05, 3.63) is 85.6 Å². The van der Waals surface area contributed by atoms with Gasteiger partial charge in [-0.05, 0) is 12.8 Å². The van der Waals surface area contributed by atoms with E-state index in [1.165, 1.54) is 12.8 Å². The maximum atomic E-state index is 4.94. The second-order valence-corrected chi connectivity index (χ2v) is 4.29. The van der Waals surface area contributed by atoms with Crippen LogP contribution in [0, 0.1) is 13.8 Å². The molecule has 2 aromatic carbocycles. The first-order valence-corrected chi connectivity index (χ1v) is 6.61. The molecule has 0 N–H and O–H groups in total. The third kappa shape index (κ3) is 16.1. The Labute approximate surface area is 215 Å². The Bertz CT molecular complexity index is 369. The van der Waals surface area contributed by atoms with Crippen LogP contribution < -0.4 is 103 Å². The van der Waals surface area contributed by atoms with E-state index in [0.717, 1.165) is 24.3 Å². The van der Waals surface area contributed by atoms with Crippen LogP contribution in [0.5, 0.6) is 0 Å². The molecule has 1 fully saturated rings. The van der Waals surface area contributed by atoms with Crippen molar-refractivity contribution >= 4 is 0 Å². The molecule has 0 bridgehead atoms. The summed E-state index contributed by atoms with van der Waals surface area (Å²) < 4.78 is 4.94. The molecule has 1 aliphatic rings. The molecule has 0 spiro atoms. The zero-order valence-electron chi connectivity index (χ0n) is 13.4. The van der Waals surface area contributed by atoms with Crippen LogP contribution in [0.3, 0.4) is 0 Å². The maximum Gasteiger partial charge on any atom is 1.00 e. The van der Waals surface area contributed by atoms with Crippen LogP contribution in [0.15, 0.2) is 60.7 Å². The van der Waals surface area contributed by atoms with Gasteiger partial charge in [-0.15, -0.1) is 24.3 Å². The Morgan fingerprint density at radius 2 is 0.952 bits per heavy atom. The zero-order valence-corrected chi connectivity index (χ0v) is 19.7. The SMILES string of the molecule is C1CCOC1.[CH2-]c1ccccc1.[CH2-]c1ccccc1.[K+].[K+]. The number of benzene rings is 2. The smallest absolute Gasteiger partial charge is 0.381 e. The summed E-state index contributed by atoms with van der Waals surface area (Å²) in [7, 11) is 0. The molecule has 1 saturated heterocycles. The monoisotopic (exact) mass is 332 g/mol. The van der Waals surface area contributed by atoms with Crippen molar-refractivity contribution in [2.24, 2.45) is 0 Å². The van der Waals surface area contributed by atoms with E-state index in [1.807, 2.05) is 60.7 Å². The largest absolute Gasteiger partial charge is 1.00 e. The van der Waals surface area contributed by atoms with Gasteiger partial charge in [0.05, 0.1) is 0 Å². The minimum Gasteiger partial charge on any atom is -0.381 e. The van der Waals surface area contributed by atoms with Crippen molar-refractivity contribution in [3.8, 4) is 0 Å². The van der Waals surface area contributed by atoms with Crippen LogP contribution in [0.1, 0.15) is 24.0 Å². The Balaban J connectivity index is 0. The van der Waals surface area contributed by atoms with Crippen LogP contribution in [-0.2, 0) is 4.74 Å². The van der Waals surface area contributed by atoms with Gasteiger partial charge in [-0.1, -0.05) is 12.1 Å². The predicted octanol–water partition coefficient (Wildman–Crippen LogP) is -1.46. The van der Waals surface area contributed by atoms with Gasteiger partial charge in [-0.25, -0.2) is 0 Å². The van der Waals surface area contributed by atoms with Crippen LogP contribution >= 0.6 is 0 Å². The average Bonchev–Trinajstić information content (AvgIpc) is 3.00. The van der Waals surface area contributed by atoms with Crippen LogP contribution in [0.2, 0.25) is 0 Å². The number of rotatable bonds is 0. The predicted molar refractivity (Wildman–Crippen MR) is 81.9 cm³/mol.